The fourth-order valence-electron chi connectivity index (χ4n) is 4.02. The van der Waals surface area contributed by atoms with Gasteiger partial charge in [-0.1, -0.05) is 33.8 Å². The Kier molecular flexibility index (Phi) is 2.23. The summed E-state index contributed by atoms with van der Waals surface area (Å²) in [4.78, 5) is 16.4. The van der Waals surface area contributed by atoms with Gasteiger partial charge in [0.15, 0.2) is 0 Å². The highest BCUT2D eigenvalue weighted by atomic mass is 32.1. The van der Waals surface area contributed by atoms with Gasteiger partial charge in [0, 0.05) is 10.9 Å². The molecule has 3 nitrogen and oxygen atoms in total. The minimum atomic E-state index is -0.233. The van der Waals surface area contributed by atoms with Crippen LogP contribution in [0.15, 0.2) is 17.5 Å². The molecular weight excluding hydrogens is 268 g/mol. The molecule has 2 heterocycles. The first-order chi connectivity index (χ1) is 9.31. The van der Waals surface area contributed by atoms with Gasteiger partial charge in [0.25, 0.3) is 0 Å². The summed E-state index contributed by atoms with van der Waals surface area (Å²) in [5.41, 5.74) is 0.157. The summed E-state index contributed by atoms with van der Waals surface area (Å²) in [5, 5.41) is 5.73. The van der Waals surface area contributed by atoms with Crippen molar-refractivity contribution in [2.75, 3.05) is 0 Å². The molecular formula is C16H22N2OS. The second-order valence-corrected chi connectivity index (χ2v) is 8.68. The highest BCUT2D eigenvalue weighted by Crippen LogP contribution is 2.68. The third-order valence-electron chi connectivity index (χ3n) is 6.12. The quantitative estimate of drug-likeness (QED) is 0.907. The van der Waals surface area contributed by atoms with E-state index in [1.54, 1.807) is 11.3 Å². The zero-order valence-corrected chi connectivity index (χ0v) is 13.4. The molecule has 0 aromatic carbocycles. The van der Waals surface area contributed by atoms with E-state index in [9.17, 15) is 4.79 Å². The predicted molar refractivity (Wildman–Crippen MR) is 80.4 cm³/mol. The average Bonchev–Trinajstić information content (AvgIpc) is 3.01. The first-order valence-electron chi connectivity index (χ1n) is 7.45. The summed E-state index contributed by atoms with van der Waals surface area (Å²) >= 11 is 1.74. The zero-order valence-electron chi connectivity index (χ0n) is 12.6. The van der Waals surface area contributed by atoms with Crippen LogP contribution in [0.25, 0.3) is 0 Å². The van der Waals surface area contributed by atoms with E-state index in [1.165, 1.54) is 4.88 Å². The Hall–Kier alpha value is -0.870. The van der Waals surface area contributed by atoms with Gasteiger partial charge >= 0.3 is 0 Å². The van der Waals surface area contributed by atoms with Crippen LogP contribution in [0.1, 0.15) is 51.6 Å². The van der Waals surface area contributed by atoms with Crippen LogP contribution < -0.4 is 5.32 Å². The molecule has 1 atom stereocenters. The van der Waals surface area contributed by atoms with Gasteiger partial charge in [0.2, 0.25) is 5.91 Å². The van der Waals surface area contributed by atoms with Crippen LogP contribution in [-0.2, 0) is 4.79 Å². The molecule has 3 aliphatic rings. The summed E-state index contributed by atoms with van der Waals surface area (Å²) in [6.07, 6.45) is 2.08. The van der Waals surface area contributed by atoms with Crippen LogP contribution in [0.4, 0.5) is 0 Å². The van der Waals surface area contributed by atoms with E-state index in [2.05, 4.69) is 55.4 Å². The van der Waals surface area contributed by atoms with E-state index in [-0.39, 0.29) is 22.5 Å². The number of hydrogen-bond acceptors (Lipinski definition) is 3. The van der Waals surface area contributed by atoms with Crippen molar-refractivity contribution in [1.82, 2.24) is 10.2 Å². The molecule has 1 aromatic rings. The van der Waals surface area contributed by atoms with Crippen molar-refractivity contribution in [1.29, 1.82) is 0 Å². The van der Waals surface area contributed by atoms with E-state index < -0.39 is 0 Å². The third kappa shape index (κ3) is 1.37. The molecule has 1 unspecified atom stereocenters. The molecule has 1 aliphatic heterocycles. The number of thiophene rings is 1. The lowest BCUT2D eigenvalue weighted by atomic mass is 10.0. The predicted octanol–water partition coefficient (Wildman–Crippen LogP) is 3.15. The van der Waals surface area contributed by atoms with Gasteiger partial charge in [-0.3, -0.25) is 10.1 Å². The number of hydrogen-bond donors (Lipinski definition) is 1. The van der Waals surface area contributed by atoms with Crippen molar-refractivity contribution < 1.29 is 4.79 Å². The number of nitrogens with zero attached hydrogens (tertiary/aromatic N) is 1. The number of amides is 1. The highest BCUT2D eigenvalue weighted by molar-refractivity contribution is 7.10. The smallest absolute Gasteiger partial charge is 0.244 e. The maximum absolute atomic E-state index is 12.9. The van der Waals surface area contributed by atoms with Crippen molar-refractivity contribution >= 4 is 17.2 Å². The molecule has 0 bridgehead atoms. The second kappa shape index (κ2) is 3.47. The van der Waals surface area contributed by atoms with Crippen LogP contribution >= 0.6 is 11.3 Å². The first-order valence-corrected chi connectivity index (χ1v) is 8.33. The Morgan fingerprint density at radius 1 is 1.25 bits per heavy atom. The maximum Gasteiger partial charge on any atom is 0.244 e. The van der Waals surface area contributed by atoms with Gasteiger partial charge in [-0.05, 0) is 35.1 Å². The van der Waals surface area contributed by atoms with Gasteiger partial charge in [0.1, 0.15) is 11.7 Å². The van der Waals surface area contributed by atoms with Gasteiger partial charge in [-0.15, -0.1) is 11.3 Å². The second-order valence-electron chi connectivity index (χ2n) is 7.70. The molecule has 1 N–H and O–H groups in total. The largest absolute Gasteiger partial charge is 0.316 e. The van der Waals surface area contributed by atoms with E-state index >= 15 is 0 Å². The lowest BCUT2D eigenvalue weighted by Crippen LogP contribution is -2.36. The Balaban J connectivity index is 1.74. The van der Waals surface area contributed by atoms with Gasteiger partial charge < -0.3 is 4.90 Å². The summed E-state index contributed by atoms with van der Waals surface area (Å²) in [7, 11) is 0. The standard InChI is InChI=1S/C16H22N2OS/c1-14(2)12(15(14,3)4)18-11(10-6-5-9-20-10)17-16(7-8-16)13(18)19/h5-6,9,11-12,17H,7-8H2,1-4H3. The van der Waals surface area contributed by atoms with Gasteiger partial charge in [-0.25, -0.2) is 0 Å². The molecule has 2 aliphatic carbocycles. The molecule has 4 heteroatoms. The third-order valence-corrected chi connectivity index (χ3v) is 7.05. The van der Waals surface area contributed by atoms with E-state index in [1.807, 2.05) is 0 Å². The molecule has 4 rings (SSSR count). The molecule has 1 aromatic heterocycles. The number of rotatable bonds is 2. The maximum atomic E-state index is 12.9. The normalized spacial score (nSPS) is 32.9. The Bertz CT molecular complexity index is 557. The fourth-order valence-corrected chi connectivity index (χ4v) is 4.79. The van der Waals surface area contributed by atoms with E-state index in [4.69, 9.17) is 0 Å². The van der Waals surface area contributed by atoms with E-state index in [0.29, 0.717) is 11.9 Å². The lowest BCUT2D eigenvalue weighted by Gasteiger charge is -2.25. The van der Waals surface area contributed by atoms with Gasteiger partial charge in [-0.2, -0.15) is 0 Å². The number of nitrogens with one attached hydrogen (secondary N) is 1. The van der Waals surface area contributed by atoms with Crippen molar-refractivity contribution in [2.45, 2.75) is 58.3 Å². The van der Waals surface area contributed by atoms with Crippen molar-refractivity contribution in [3.63, 3.8) is 0 Å². The Morgan fingerprint density at radius 2 is 1.90 bits per heavy atom. The summed E-state index contributed by atoms with van der Waals surface area (Å²) in [5.74, 6) is 0.333. The molecule has 3 fully saturated rings. The minimum Gasteiger partial charge on any atom is -0.316 e. The molecule has 1 saturated heterocycles. The lowest BCUT2D eigenvalue weighted by molar-refractivity contribution is -0.132. The van der Waals surface area contributed by atoms with Crippen molar-refractivity contribution in [3.05, 3.63) is 22.4 Å². The number of carbonyl (C=O) groups is 1. The van der Waals surface area contributed by atoms with Crippen molar-refractivity contribution in [2.24, 2.45) is 10.8 Å². The summed E-state index contributed by atoms with van der Waals surface area (Å²) in [6.45, 7) is 9.14. The minimum absolute atomic E-state index is 0.0797. The molecule has 2 saturated carbocycles. The van der Waals surface area contributed by atoms with Crippen molar-refractivity contribution in [3.8, 4) is 0 Å². The fraction of sp³-hybridized carbons (Fsp3) is 0.688. The molecule has 0 radical (unpaired) electrons. The van der Waals surface area contributed by atoms with Crippen LogP contribution in [0, 0.1) is 10.8 Å². The molecule has 108 valence electrons. The number of carbonyl (C=O) groups excluding carboxylic acids is 1. The topological polar surface area (TPSA) is 32.3 Å². The molecule has 20 heavy (non-hydrogen) atoms. The average molecular weight is 290 g/mol. The SMILES string of the molecule is CC1(C)C(N2C(=O)C3(CC3)NC2c2cccs2)C1(C)C. The summed E-state index contributed by atoms with van der Waals surface area (Å²) in [6, 6.07) is 4.56. The van der Waals surface area contributed by atoms with Crippen LogP contribution in [0.5, 0.6) is 0 Å². The van der Waals surface area contributed by atoms with Crippen LogP contribution in [0.2, 0.25) is 0 Å². The van der Waals surface area contributed by atoms with Crippen LogP contribution in [0.3, 0.4) is 0 Å². The Labute approximate surface area is 124 Å². The molecule has 1 spiro atoms. The monoisotopic (exact) mass is 290 g/mol. The van der Waals surface area contributed by atoms with Gasteiger partial charge in [0.05, 0.1) is 0 Å². The Morgan fingerprint density at radius 3 is 2.35 bits per heavy atom. The summed E-state index contributed by atoms with van der Waals surface area (Å²) < 4.78 is 0. The van der Waals surface area contributed by atoms with E-state index in [0.717, 1.165) is 12.8 Å². The molecule has 1 amide bonds. The highest BCUT2D eigenvalue weighted by Gasteiger charge is 2.73. The zero-order chi connectivity index (χ0) is 14.3. The van der Waals surface area contributed by atoms with Crippen LogP contribution in [-0.4, -0.2) is 22.4 Å². The first kappa shape index (κ1) is 12.8.